The highest BCUT2D eigenvalue weighted by Gasteiger charge is 2.19. The summed E-state index contributed by atoms with van der Waals surface area (Å²) in [5, 5.41) is 4.22. The molecule has 2 nitrogen and oxygen atoms in total. The van der Waals surface area contributed by atoms with E-state index < -0.39 is 0 Å². The molecule has 0 saturated heterocycles. The lowest BCUT2D eigenvalue weighted by atomic mass is 10.0. The second kappa shape index (κ2) is 5.50. The molecule has 0 fully saturated rings. The summed E-state index contributed by atoms with van der Waals surface area (Å²) in [6.45, 7) is 6.36. The number of thiocarbonyl (C=S) groups is 1. The zero-order valence-electron chi connectivity index (χ0n) is 10.6. The van der Waals surface area contributed by atoms with Crippen molar-refractivity contribution in [3.05, 3.63) is 29.8 Å². The summed E-state index contributed by atoms with van der Waals surface area (Å²) >= 11 is 5.48. The predicted molar refractivity (Wildman–Crippen MR) is 77.5 cm³/mol. The smallest absolute Gasteiger partial charge is 0.173 e. The molecule has 0 radical (unpaired) electrons. The van der Waals surface area contributed by atoms with Crippen LogP contribution in [0, 0.1) is 5.92 Å². The van der Waals surface area contributed by atoms with Gasteiger partial charge in [-0.15, -0.1) is 0 Å². The topological polar surface area (TPSA) is 15.3 Å². The van der Waals surface area contributed by atoms with Gasteiger partial charge in [-0.3, -0.25) is 0 Å². The molecule has 0 unspecified atom stereocenters. The van der Waals surface area contributed by atoms with Crippen LogP contribution in [0.15, 0.2) is 24.3 Å². The van der Waals surface area contributed by atoms with Crippen LogP contribution in [-0.2, 0) is 6.42 Å². The molecule has 0 amide bonds. The van der Waals surface area contributed by atoms with Crippen LogP contribution >= 0.6 is 12.2 Å². The maximum atomic E-state index is 5.48. The number of hydrogen-bond acceptors (Lipinski definition) is 1. The zero-order valence-corrected chi connectivity index (χ0v) is 11.4. The van der Waals surface area contributed by atoms with Crippen LogP contribution in [-0.4, -0.2) is 18.2 Å². The third kappa shape index (κ3) is 2.97. The Morgan fingerprint density at radius 2 is 2.18 bits per heavy atom. The van der Waals surface area contributed by atoms with E-state index in [-0.39, 0.29) is 0 Å². The highest BCUT2D eigenvalue weighted by atomic mass is 32.1. The Morgan fingerprint density at radius 1 is 1.41 bits per heavy atom. The van der Waals surface area contributed by atoms with Gasteiger partial charge in [0, 0.05) is 18.8 Å². The Morgan fingerprint density at radius 3 is 2.94 bits per heavy atom. The van der Waals surface area contributed by atoms with Crippen LogP contribution in [0.2, 0.25) is 0 Å². The molecule has 0 bridgehead atoms. The number of anilines is 1. The fraction of sp³-hybridized carbons (Fsp3) is 0.500. The number of nitrogens with one attached hydrogen (secondary N) is 1. The van der Waals surface area contributed by atoms with Crippen molar-refractivity contribution in [2.24, 2.45) is 5.92 Å². The second-order valence-electron chi connectivity index (χ2n) is 4.96. The van der Waals surface area contributed by atoms with Gasteiger partial charge in [-0.25, -0.2) is 0 Å². The highest BCUT2D eigenvalue weighted by molar-refractivity contribution is 7.80. The summed E-state index contributed by atoms with van der Waals surface area (Å²) in [7, 11) is 0. The van der Waals surface area contributed by atoms with E-state index in [1.807, 2.05) is 0 Å². The molecule has 1 aromatic rings. The zero-order chi connectivity index (χ0) is 12.3. The van der Waals surface area contributed by atoms with Crippen molar-refractivity contribution in [1.29, 1.82) is 0 Å². The minimum absolute atomic E-state index is 0.619. The van der Waals surface area contributed by atoms with Crippen LogP contribution in [0.3, 0.4) is 0 Å². The standard InChI is InChI=1S/C14H20N2S/c1-11(2)10-15-14(17)16-9-5-7-12-6-3-4-8-13(12)16/h3-4,6,8,11H,5,7,9-10H2,1-2H3,(H,15,17). The lowest BCUT2D eigenvalue weighted by Crippen LogP contribution is -2.43. The van der Waals surface area contributed by atoms with Crippen molar-refractivity contribution in [2.75, 3.05) is 18.0 Å². The molecule has 0 aromatic heterocycles. The fourth-order valence-electron chi connectivity index (χ4n) is 2.13. The Hall–Kier alpha value is -1.09. The molecule has 92 valence electrons. The quantitative estimate of drug-likeness (QED) is 0.810. The van der Waals surface area contributed by atoms with Gasteiger partial charge in [-0.05, 0) is 42.6 Å². The van der Waals surface area contributed by atoms with E-state index in [1.54, 1.807) is 0 Å². The molecule has 3 heteroatoms. The summed E-state index contributed by atoms with van der Waals surface area (Å²) < 4.78 is 0. The normalized spacial score (nSPS) is 14.6. The molecule has 1 heterocycles. The molecule has 2 rings (SSSR count). The first kappa shape index (κ1) is 12.4. The van der Waals surface area contributed by atoms with E-state index in [4.69, 9.17) is 12.2 Å². The first-order valence-corrected chi connectivity index (χ1v) is 6.72. The molecule has 0 atom stereocenters. The average Bonchev–Trinajstić information content (AvgIpc) is 2.35. The lowest BCUT2D eigenvalue weighted by Gasteiger charge is -2.32. The number of nitrogens with zero attached hydrogens (tertiary/aromatic N) is 1. The maximum absolute atomic E-state index is 5.48. The Labute approximate surface area is 109 Å². The van der Waals surface area contributed by atoms with Gasteiger partial charge in [0.1, 0.15) is 0 Å². The first-order valence-electron chi connectivity index (χ1n) is 6.31. The summed E-state index contributed by atoms with van der Waals surface area (Å²) in [6.07, 6.45) is 2.35. The predicted octanol–water partition coefficient (Wildman–Crippen LogP) is 2.97. The van der Waals surface area contributed by atoms with Crippen LogP contribution < -0.4 is 10.2 Å². The molecular weight excluding hydrogens is 228 g/mol. The molecule has 1 aliphatic heterocycles. The Kier molecular flexibility index (Phi) is 4.00. The molecule has 0 spiro atoms. The largest absolute Gasteiger partial charge is 0.362 e. The van der Waals surface area contributed by atoms with Gasteiger partial charge in [0.15, 0.2) is 5.11 Å². The van der Waals surface area contributed by atoms with Crippen molar-refractivity contribution in [3.63, 3.8) is 0 Å². The van der Waals surface area contributed by atoms with Gasteiger partial charge in [-0.2, -0.15) is 0 Å². The molecule has 1 aliphatic rings. The van der Waals surface area contributed by atoms with E-state index in [0.717, 1.165) is 18.2 Å². The molecule has 0 saturated carbocycles. The summed E-state index contributed by atoms with van der Waals surface area (Å²) in [5.74, 6) is 0.619. The summed E-state index contributed by atoms with van der Waals surface area (Å²) in [5.41, 5.74) is 2.69. The number of fused-ring (bicyclic) bond motifs is 1. The van der Waals surface area contributed by atoms with Crippen LogP contribution in [0.5, 0.6) is 0 Å². The average molecular weight is 248 g/mol. The van der Waals surface area contributed by atoms with Gasteiger partial charge in [0.25, 0.3) is 0 Å². The number of rotatable bonds is 2. The van der Waals surface area contributed by atoms with Gasteiger partial charge in [-0.1, -0.05) is 32.0 Å². The molecule has 1 N–H and O–H groups in total. The van der Waals surface area contributed by atoms with E-state index in [9.17, 15) is 0 Å². The fourth-order valence-corrected chi connectivity index (χ4v) is 2.40. The van der Waals surface area contributed by atoms with E-state index >= 15 is 0 Å². The molecule has 17 heavy (non-hydrogen) atoms. The van der Waals surface area contributed by atoms with E-state index in [0.29, 0.717) is 5.92 Å². The number of benzene rings is 1. The van der Waals surface area contributed by atoms with Gasteiger partial charge < -0.3 is 10.2 Å². The SMILES string of the molecule is CC(C)CNC(=S)N1CCCc2ccccc21. The van der Waals surface area contributed by atoms with Gasteiger partial charge in [0.2, 0.25) is 0 Å². The molecular formula is C14H20N2S. The second-order valence-corrected chi connectivity index (χ2v) is 5.35. The number of aryl methyl sites for hydroxylation is 1. The lowest BCUT2D eigenvalue weighted by molar-refractivity contribution is 0.621. The van der Waals surface area contributed by atoms with Crippen molar-refractivity contribution in [1.82, 2.24) is 5.32 Å². The minimum atomic E-state index is 0.619. The third-order valence-corrected chi connectivity index (χ3v) is 3.38. The Bertz CT molecular complexity index is 401. The van der Waals surface area contributed by atoms with E-state index in [1.165, 1.54) is 24.1 Å². The maximum Gasteiger partial charge on any atom is 0.173 e. The minimum Gasteiger partial charge on any atom is -0.362 e. The van der Waals surface area contributed by atoms with E-state index in [2.05, 4.69) is 48.3 Å². The van der Waals surface area contributed by atoms with Gasteiger partial charge >= 0.3 is 0 Å². The van der Waals surface area contributed by atoms with Crippen molar-refractivity contribution in [3.8, 4) is 0 Å². The van der Waals surface area contributed by atoms with Gasteiger partial charge in [0.05, 0.1) is 0 Å². The molecule has 0 aliphatic carbocycles. The van der Waals surface area contributed by atoms with Crippen molar-refractivity contribution < 1.29 is 0 Å². The summed E-state index contributed by atoms with van der Waals surface area (Å²) in [4.78, 5) is 2.23. The van der Waals surface area contributed by atoms with Crippen molar-refractivity contribution >= 4 is 23.0 Å². The monoisotopic (exact) mass is 248 g/mol. The highest BCUT2D eigenvalue weighted by Crippen LogP contribution is 2.26. The Balaban J connectivity index is 2.10. The third-order valence-electron chi connectivity index (χ3n) is 3.02. The van der Waals surface area contributed by atoms with Crippen LogP contribution in [0.1, 0.15) is 25.8 Å². The molecule has 1 aromatic carbocycles. The first-order chi connectivity index (χ1) is 8.18. The summed E-state index contributed by atoms with van der Waals surface area (Å²) in [6, 6.07) is 8.56. The van der Waals surface area contributed by atoms with Crippen LogP contribution in [0.25, 0.3) is 0 Å². The number of hydrogen-bond donors (Lipinski definition) is 1. The van der Waals surface area contributed by atoms with Crippen LogP contribution in [0.4, 0.5) is 5.69 Å². The van der Waals surface area contributed by atoms with Crippen molar-refractivity contribution in [2.45, 2.75) is 26.7 Å². The number of para-hydroxylation sites is 1.